The highest BCUT2D eigenvalue weighted by Crippen LogP contribution is 2.39. The molecule has 8 heteroatoms. The monoisotopic (exact) mass is 394 g/mol. The number of aryl methyl sites for hydroxylation is 1. The zero-order valence-electron chi connectivity index (χ0n) is 16.3. The summed E-state index contributed by atoms with van der Waals surface area (Å²) >= 11 is 0. The number of nitrogens with zero attached hydrogens (tertiary/aromatic N) is 3. The molecule has 29 heavy (non-hydrogen) atoms. The predicted octanol–water partition coefficient (Wildman–Crippen LogP) is 2.47. The van der Waals surface area contributed by atoms with Gasteiger partial charge in [0.1, 0.15) is 18.4 Å². The molecule has 1 atom stereocenters. The second-order valence-corrected chi connectivity index (χ2v) is 6.69. The molecule has 0 bridgehead atoms. The van der Waals surface area contributed by atoms with Crippen LogP contribution in [-0.2, 0) is 11.2 Å². The van der Waals surface area contributed by atoms with Gasteiger partial charge in [-0.15, -0.1) is 10.2 Å². The van der Waals surface area contributed by atoms with Crippen molar-refractivity contribution in [3.05, 3.63) is 60.2 Å². The number of rotatable bonds is 7. The van der Waals surface area contributed by atoms with Crippen LogP contribution in [0.25, 0.3) is 5.69 Å². The fourth-order valence-electron chi connectivity index (χ4n) is 3.58. The quantitative estimate of drug-likeness (QED) is 0.662. The molecule has 0 aliphatic heterocycles. The Kier molecular flexibility index (Phi) is 5.33. The van der Waals surface area contributed by atoms with Gasteiger partial charge in [0.15, 0.2) is 18.1 Å². The Labute approximate surface area is 168 Å². The van der Waals surface area contributed by atoms with Crippen molar-refractivity contribution in [2.75, 3.05) is 20.8 Å². The third kappa shape index (κ3) is 3.87. The maximum atomic E-state index is 12.5. The summed E-state index contributed by atoms with van der Waals surface area (Å²) in [6.45, 7) is -0.0851. The van der Waals surface area contributed by atoms with E-state index in [1.165, 1.54) is 0 Å². The van der Waals surface area contributed by atoms with Crippen molar-refractivity contribution >= 4 is 5.91 Å². The molecule has 1 aromatic heterocycles. The number of carbonyl (C=O) groups excluding carboxylic acids is 1. The average Bonchev–Trinajstić information content (AvgIpc) is 3.42. The van der Waals surface area contributed by atoms with Gasteiger partial charge in [0.25, 0.3) is 5.91 Å². The second-order valence-electron chi connectivity index (χ2n) is 6.69. The number of aromatic nitrogens is 3. The number of hydrogen-bond donors (Lipinski definition) is 1. The Morgan fingerprint density at radius 2 is 1.83 bits per heavy atom. The Morgan fingerprint density at radius 1 is 1.10 bits per heavy atom. The minimum atomic E-state index is -0.184. The Bertz CT molecular complexity index is 1000. The van der Waals surface area contributed by atoms with Gasteiger partial charge in [0, 0.05) is 0 Å². The van der Waals surface area contributed by atoms with E-state index in [1.807, 2.05) is 36.4 Å². The van der Waals surface area contributed by atoms with Gasteiger partial charge in [0.2, 0.25) is 0 Å². The number of hydrogen-bond acceptors (Lipinski definition) is 6. The summed E-state index contributed by atoms with van der Waals surface area (Å²) in [6.07, 6.45) is 4.87. The first-order chi connectivity index (χ1) is 14.2. The van der Waals surface area contributed by atoms with E-state index in [-0.39, 0.29) is 18.6 Å². The van der Waals surface area contributed by atoms with Gasteiger partial charge in [-0.25, -0.2) is 0 Å². The molecule has 2 aromatic carbocycles. The summed E-state index contributed by atoms with van der Waals surface area (Å²) in [5, 5.41) is 10.7. The number of fused-ring (bicyclic) bond motifs is 1. The molecule has 150 valence electrons. The van der Waals surface area contributed by atoms with Gasteiger partial charge < -0.3 is 19.5 Å². The molecule has 0 saturated heterocycles. The summed E-state index contributed by atoms with van der Waals surface area (Å²) in [5.74, 6) is 1.76. The highest BCUT2D eigenvalue weighted by molar-refractivity contribution is 5.78. The minimum Gasteiger partial charge on any atom is -0.493 e. The van der Waals surface area contributed by atoms with E-state index in [4.69, 9.17) is 14.2 Å². The summed E-state index contributed by atoms with van der Waals surface area (Å²) in [4.78, 5) is 12.5. The largest absolute Gasteiger partial charge is 0.493 e. The van der Waals surface area contributed by atoms with E-state index in [9.17, 15) is 4.79 Å². The molecule has 0 saturated carbocycles. The van der Waals surface area contributed by atoms with Crippen LogP contribution in [0.3, 0.4) is 0 Å². The standard InChI is InChI=1S/C21H22N4O4/c1-27-19-9-14-7-8-16(15(14)10-20(19)28-2)24-21(26)11-29-18-6-4-3-5-17(18)25-12-22-23-13-25/h3-6,9-10,12-13,16H,7-8,11H2,1-2H3,(H,24,26)/t16-/m0/s1. The van der Waals surface area contributed by atoms with Crippen LogP contribution in [0.4, 0.5) is 0 Å². The molecule has 0 fully saturated rings. The molecule has 0 radical (unpaired) electrons. The van der Waals surface area contributed by atoms with Crippen molar-refractivity contribution in [1.29, 1.82) is 0 Å². The maximum absolute atomic E-state index is 12.5. The van der Waals surface area contributed by atoms with Crippen molar-refractivity contribution < 1.29 is 19.0 Å². The topological polar surface area (TPSA) is 87.5 Å². The van der Waals surface area contributed by atoms with E-state index < -0.39 is 0 Å². The number of nitrogens with one attached hydrogen (secondary N) is 1. The number of amides is 1. The van der Waals surface area contributed by atoms with Gasteiger partial charge in [0.05, 0.1) is 25.9 Å². The maximum Gasteiger partial charge on any atom is 0.258 e. The van der Waals surface area contributed by atoms with E-state index >= 15 is 0 Å². The lowest BCUT2D eigenvalue weighted by Gasteiger charge is -2.17. The molecule has 0 spiro atoms. The van der Waals surface area contributed by atoms with Crippen LogP contribution in [0.5, 0.6) is 17.2 Å². The molecular formula is C21H22N4O4. The van der Waals surface area contributed by atoms with Gasteiger partial charge in [-0.1, -0.05) is 12.1 Å². The van der Waals surface area contributed by atoms with Crippen LogP contribution in [0, 0.1) is 0 Å². The van der Waals surface area contributed by atoms with E-state index in [2.05, 4.69) is 15.5 Å². The van der Waals surface area contributed by atoms with Gasteiger partial charge in [-0.05, 0) is 48.2 Å². The Balaban J connectivity index is 1.43. The fraction of sp³-hybridized carbons (Fsp3) is 0.286. The molecule has 4 rings (SSSR count). The van der Waals surface area contributed by atoms with Crippen LogP contribution in [0.2, 0.25) is 0 Å². The first-order valence-corrected chi connectivity index (χ1v) is 9.30. The van der Waals surface area contributed by atoms with Crippen LogP contribution in [-0.4, -0.2) is 41.5 Å². The van der Waals surface area contributed by atoms with Crippen LogP contribution < -0.4 is 19.5 Å². The Morgan fingerprint density at radius 3 is 2.59 bits per heavy atom. The number of benzene rings is 2. The summed E-state index contributed by atoms with van der Waals surface area (Å²) in [6, 6.07) is 11.3. The third-order valence-electron chi connectivity index (χ3n) is 4.98. The molecular weight excluding hydrogens is 372 g/mol. The van der Waals surface area contributed by atoms with Crippen molar-refractivity contribution in [3.63, 3.8) is 0 Å². The number of ether oxygens (including phenoxy) is 3. The first kappa shape index (κ1) is 18.8. The molecule has 8 nitrogen and oxygen atoms in total. The minimum absolute atomic E-state index is 0.0750. The van der Waals surface area contributed by atoms with E-state index in [0.717, 1.165) is 29.7 Å². The van der Waals surface area contributed by atoms with E-state index in [0.29, 0.717) is 17.2 Å². The fourth-order valence-corrected chi connectivity index (χ4v) is 3.58. The Hall–Kier alpha value is -3.55. The number of carbonyl (C=O) groups is 1. The van der Waals surface area contributed by atoms with Crippen molar-refractivity contribution in [3.8, 4) is 22.9 Å². The van der Waals surface area contributed by atoms with Gasteiger partial charge >= 0.3 is 0 Å². The molecule has 1 aliphatic rings. The lowest BCUT2D eigenvalue weighted by atomic mass is 10.1. The van der Waals surface area contributed by atoms with Crippen molar-refractivity contribution in [2.24, 2.45) is 0 Å². The smallest absolute Gasteiger partial charge is 0.258 e. The summed E-state index contributed by atoms with van der Waals surface area (Å²) in [5.41, 5.74) is 2.99. The number of methoxy groups -OCH3 is 2. The predicted molar refractivity (Wildman–Crippen MR) is 106 cm³/mol. The average molecular weight is 394 g/mol. The lowest BCUT2D eigenvalue weighted by molar-refractivity contribution is -0.123. The van der Waals surface area contributed by atoms with Gasteiger partial charge in [-0.2, -0.15) is 0 Å². The zero-order chi connectivity index (χ0) is 20.2. The van der Waals surface area contributed by atoms with Crippen LogP contribution in [0.15, 0.2) is 49.1 Å². The molecule has 1 N–H and O–H groups in total. The highest BCUT2D eigenvalue weighted by atomic mass is 16.5. The first-order valence-electron chi connectivity index (χ1n) is 9.30. The third-order valence-corrected chi connectivity index (χ3v) is 4.98. The summed E-state index contributed by atoms with van der Waals surface area (Å²) < 4.78 is 18.3. The molecule has 0 unspecified atom stereocenters. The molecule has 3 aromatic rings. The van der Waals surface area contributed by atoms with Gasteiger partial charge in [-0.3, -0.25) is 9.36 Å². The lowest BCUT2D eigenvalue weighted by Crippen LogP contribution is -2.31. The number of para-hydroxylation sites is 2. The molecule has 1 aliphatic carbocycles. The highest BCUT2D eigenvalue weighted by Gasteiger charge is 2.26. The molecule has 1 amide bonds. The van der Waals surface area contributed by atoms with Crippen LogP contribution >= 0.6 is 0 Å². The zero-order valence-corrected chi connectivity index (χ0v) is 16.3. The van der Waals surface area contributed by atoms with Crippen molar-refractivity contribution in [2.45, 2.75) is 18.9 Å². The normalized spacial score (nSPS) is 14.9. The SMILES string of the molecule is COc1cc2c(cc1OC)[C@@H](NC(=O)COc1ccccc1-n1cnnc1)CC2. The van der Waals surface area contributed by atoms with Crippen molar-refractivity contribution in [1.82, 2.24) is 20.1 Å². The van der Waals surface area contributed by atoms with E-state index in [1.54, 1.807) is 31.4 Å². The molecule has 1 heterocycles. The second kappa shape index (κ2) is 8.22. The summed E-state index contributed by atoms with van der Waals surface area (Å²) in [7, 11) is 3.22. The van der Waals surface area contributed by atoms with Crippen LogP contribution in [0.1, 0.15) is 23.6 Å².